The van der Waals surface area contributed by atoms with Crippen LogP contribution in [0.5, 0.6) is 0 Å². The number of hydrogen-bond acceptors (Lipinski definition) is 2. The molecule has 2 heteroatoms. The number of aryl methyl sites for hydroxylation is 1. The van der Waals surface area contributed by atoms with E-state index in [9.17, 15) is 0 Å². The van der Waals surface area contributed by atoms with Crippen LogP contribution in [0.4, 0.5) is 0 Å². The third-order valence-corrected chi connectivity index (χ3v) is 2.58. The first-order valence-electron chi connectivity index (χ1n) is 3.88. The van der Waals surface area contributed by atoms with Gasteiger partial charge in [-0.25, -0.2) is 0 Å². The molecule has 0 fully saturated rings. The van der Waals surface area contributed by atoms with E-state index in [1.54, 1.807) is 11.8 Å². The SMILES string of the molecule is C=C(C)CSc1ccnc(C)c1. The molecule has 1 aromatic heterocycles. The summed E-state index contributed by atoms with van der Waals surface area (Å²) in [4.78, 5) is 5.40. The molecule has 0 unspecified atom stereocenters. The van der Waals surface area contributed by atoms with Crippen molar-refractivity contribution in [3.63, 3.8) is 0 Å². The maximum atomic E-state index is 4.13. The lowest BCUT2D eigenvalue weighted by Gasteiger charge is -2.00. The van der Waals surface area contributed by atoms with Gasteiger partial charge in [-0.3, -0.25) is 4.98 Å². The highest BCUT2D eigenvalue weighted by molar-refractivity contribution is 7.99. The number of thioether (sulfide) groups is 1. The van der Waals surface area contributed by atoms with Crippen LogP contribution in [0.25, 0.3) is 0 Å². The Balaban J connectivity index is 2.57. The summed E-state index contributed by atoms with van der Waals surface area (Å²) < 4.78 is 0. The summed E-state index contributed by atoms with van der Waals surface area (Å²) in [6.45, 7) is 7.90. The van der Waals surface area contributed by atoms with Crippen molar-refractivity contribution in [2.75, 3.05) is 5.75 Å². The Morgan fingerprint density at radius 1 is 1.67 bits per heavy atom. The third kappa shape index (κ3) is 3.09. The summed E-state index contributed by atoms with van der Waals surface area (Å²) >= 11 is 1.80. The highest BCUT2D eigenvalue weighted by atomic mass is 32.2. The van der Waals surface area contributed by atoms with E-state index in [1.807, 2.05) is 26.1 Å². The lowest BCUT2D eigenvalue weighted by molar-refractivity contribution is 1.16. The number of rotatable bonds is 3. The van der Waals surface area contributed by atoms with E-state index < -0.39 is 0 Å². The predicted octanol–water partition coefficient (Wildman–Crippen LogP) is 3.06. The Morgan fingerprint density at radius 3 is 3.00 bits per heavy atom. The van der Waals surface area contributed by atoms with Crippen molar-refractivity contribution in [3.05, 3.63) is 36.2 Å². The topological polar surface area (TPSA) is 12.9 Å². The molecular weight excluding hydrogens is 166 g/mol. The van der Waals surface area contributed by atoms with Crippen LogP contribution < -0.4 is 0 Å². The highest BCUT2D eigenvalue weighted by Crippen LogP contribution is 2.19. The minimum Gasteiger partial charge on any atom is -0.262 e. The fourth-order valence-corrected chi connectivity index (χ4v) is 1.64. The molecule has 64 valence electrons. The van der Waals surface area contributed by atoms with E-state index in [1.165, 1.54) is 10.5 Å². The number of nitrogens with zero attached hydrogens (tertiary/aromatic N) is 1. The molecule has 0 radical (unpaired) electrons. The van der Waals surface area contributed by atoms with E-state index >= 15 is 0 Å². The molecule has 0 saturated carbocycles. The van der Waals surface area contributed by atoms with Crippen LogP contribution in [0.3, 0.4) is 0 Å². The van der Waals surface area contributed by atoms with Crippen LogP contribution in [-0.4, -0.2) is 10.7 Å². The first kappa shape index (κ1) is 9.33. The molecule has 0 bridgehead atoms. The lowest BCUT2D eigenvalue weighted by atomic mass is 10.4. The largest absolute Gasteiger partial charge is 0.262 e. The fourth-order valence-electron chi connectivity index (χ4n) is 0.816. The molecule has 0 aromatic carbocycles. The summed E-state index contributed by atoms with van der Waals surface area (Å²) in [5.74, 6) is 0.990. The van der Waals surface area contributed by atoms with E-state index in [2.05, 4.69) is 17.6 Å². The first-order valence-corrected chi connectivity index (χ1v) is 4.87. The Bertz CT molecular complexity index is 281. The number of aromatic nitrogens is 1. The van der Waals surface area contributed by atoms with E-state index in [0.29, 0.717) is 0 Å². The van der Waals surface area contributed by atoms with Gasteiger partial charge >= 0.3 is 0 Å². The van der Waals surface area contributed by atoms with Gasteiger partial charge in [0.05, 0.1) is 0 Å². The van der Waals surface area contributed by atoms with Gasteiger partial charge < -0.3 is 0 Å². The van der Waals surface area contributed by atoms with Gasteiger partial charge in [0.25, 0.3) is 0 Å². The Kier molecular flexibility index (Phi) is 3.35. The Labute approximate surface area is 77.9 Å². The normalized spacial score (nSPS) is 9.83. The fraction of sp³-hybridized carbons (Fsp3) is 0.300. The van der Waals surface area contributed by atoms with E-state index in [0.717, 1.165) is 11.4 Å². The van der Waals surface area contributed by atoms with Gasteiger partial charge in [-0.15, -0.1) is 11.8 Å². The summed E-state index contributed by atoms with van der Waals surface area (Å²) in [5, 5.41) is 0. The molecule has 0 atom stereocenters. The zero-order valence-corrected chi connectivity index (χ0v) is 8.32. The second-order valence-electron chi connectivity index (χ2n) is 2.88. The van der Waals surface area contributed by atoms with Gasteiger partial charge in [-0.1, -0.05) is 12.2 Å². The van der Waals surface area contributed by atoms with Gasteiger partial charge in [0, 0.05) is 22.5 Å². The van der Waals surface area contributed by atoms with Crippen molar-refractivity contribution in [3.8, 4) is 0 Å². The molecular formula is C10H13NS. The second-order valence-corrected chi connectivity index (χ2v) is 3.93. The maximum absolute atomic E-state index is 4.13. The monoisotopic (exact) mass is 179 g/mol. The standard InChI is InChI=1S/C10H13NS/c1-8(2)7-12-10-4-5-11-9(3)6-10/h4-6H,1,7H2,2-3H3. The molecule has 0 aliphatic carbocycles. The van der Waals surface area contributed by atoms with Crippen LogP contribution in [0, 0.1) is 6.92 Å². The van der Waals surface area contributed by atoms with Crippen molar-refractivity contribution < 1.29 is 0 Å². The van der Waals surface area contributed by atoms with Crippen LogP contribution in [-0.2, 0) is 0 Å². The highest BCUT2D eigenvalue weighted by Gasteiger charge is 1.94. The molecule has 0 aliphatic rings. The molecule has 12 heavy (non-hydrogen) atoms. The van der Waals surface area contributed by atoms with Crippen LogP contribution in [0.15, 0.2) is 35.4 Å². The van der Waals surface area contributed by atoms with Gasteiger partial charge in [0.1, 0.15) is 0 Å². The Hall–Kier alpha value is -0.760. The molecule has 0 amide bonds. The number of hydrogen-bond donors (Lipinski definition) is 0. The molecule has 1 rings (SSSR count). The third-order valence-electron chi connectivity index (χ3n) is 1.35. The summed E-state index contributed by atoms with van der Waals surface area (Å²) in [6.07, 6.45) is 1.84. The van der Waals surface area contributed by atoms with Gasteiger partial charge in [-0.2, -0.15) is 0 Å². The molecule has 0 saturated heterocycles. The summed E-state index contributed by atoms with van der Waals surface area (Å²) in [7, 11) is 0. The van der Waals surface area contributed by atoms with Crippen LogP contribution in [0.2, 0.25) is 0 Å². The minimum atomic E-state index is 0.990. The molecule has 1 heterocycles. The molecule has 1 nitrogen and oxygen atoms in total. The zero-order valence-electron chi connectivity index (χ0n) is 7.50. The number of pyridine rings is 1. The average molecular weight is 179 g/mol. The van der Waals surface area contributed by atoms with Crippen LogP contribution in [0.1, 0.15) is 12.6 Å². The van der Waals surface area contributed by atoms with Crippen molar-refractivity contribution >= 4 is 11.8 Å². The van der Waals surface area contributed by atoms with Gasteiger partial charge in [-0.05, 0) is 26.0 Å². The molecule has 0 N–H and O–H groups in total. The van der Waals surface area contributed by atoms with Crippen molar-refractivity contribution in [2.24, 2.45) is 0 Å². The quantitative estimate of drug-likeness (QED) is 0.522. The van der Waals surface area contributed by atoms with Crippen molar-refractivity contribution in [1.82, 2.24) is 4.98 Å². The van der Waals surface area contributed by atoms with Crippen molar-refractivity contribution in [1.29, 1.82) is 0 Å². The predicted molar refractivity (Wildman–Crippen MR) is 54.5 cm³/mol. The zero-order chi connectivity index (χ0) is 8.97. The van der Waals surface area contributed by atoms with Crippen LogP contribution >= 0.6 is 11.8 Å². The summed E-state index contributed by atoms with van der Waals surface area (Å²) in [5.41, 5.74) is 2.27. The Morgan fingerprint density at radius 2 is 2.42 bits per heavy atom. The first-order chi connectivity index (χ1) is 5.68. The average Bonchev–Trinajstić information content (AvgIpc) is 2.01. The van der Waals surface area contributed by atoms with Gasteiger partial charge in [0.2, 0.25) is 0 Å². The van der Waals surface area contributed by atoms with E-state index in [4.69, 9.17) is 0 Å². The summed E-state index contributed by atoms with van der Waals surface area (Å²) in [6, 6.07) is 4.12. The maximum Gasteiger partial charge on any atom is 0.0383 e. The van der Waals surface area contributed by atoms with Crippen molar-refractivity contribution in [2.45, 2.75) is 18.7 Å². The van der Waals surface area contributed by atoms with E-state index in [-0.39, 0.29) is 0 Å². The molecule has 0 spiro atoms. The smallest absolute Gasteiger partial charge is 0.0383 e. The van der Waals surface area contributed by atoms with Gasteiger partial charge in [0.15, 0.2) is 0 Å². The molecule has 1 aromatic rings. The molecule has 0 aliphatic heterocycles. The lowest BCUT2D eigenvalue weighted by Crippen LogP contribution is -1.82. The second kappa shape index (κ2) is 4.31. The minimum absolute atomic E-state index is 0.990.